The summed E-state index contributed by atoms with van der Waals surface area (Å²) < 4.78 is 53.7. The zero-order chi connectivity index (χ0) is 20.5. The van der Waals surface area contributed by atoms with Crippen LogP contribution in [0.1, 0.15) is 19.8 Å². The van der Waals surface area contributed by atoms with Crippen molar-refractivity contribution in [2.24, 2.45) is 0 Å². The number of nitrogens with one attached hydrogen (secondary N) is 1. The Balaban J connectivity index is 1.71. The first-order chi connectivity index (χ1) is 13.2. The first-order valence-electron chi connectivity index (χ1n) is 9.40. The van der Waals surface area contributed by atoms with Gasteiger partial charge < -0.3 is 10.2 Å². The average molecular weight is 416 g/mol. The minimum absolute atomic E-state index is 0.107. The fourth-order valence-electron chi connectivity index (χ4n) is 4.19. The number of benzene rings is 1. The third-order valence-corrected chi connectivity index (χ3v) is 7.75. The number of carbonyl (C=O) groups is 1. The van der Waals surface area contributed by atoms with Crippen LogP contribution in [0.15, 0.2) is 23.1 Å². The van der Waals surface area contributed by atoms with Gasteiger partial charge in [-0.15, -0.1) is 0 Å². The quantitative estimate of drug-likeness (QED) is 0.807. The van der Waals surface area contributed by atoms with Crippen LogP contribution < -0.4 is 5.32 Å². The third-order valence-electron chi connectivity index (χ3n) is 5.87. The van der Waals surface area contributed by atoms with Crippen LogP contribution in [0.25, 0.3) is 0 Å². The predicted octanol–water partition coefficient (Wildman–Crippen LogP) is 1.46. The molecule has 156 valence electrons. The molecular weight excluding hydrogens is 390 g/mol. The molecule has 3 rings (SSSR count). The van der Waals surface area contributed by atoms with Crippen LogP contribution >= 0.6 is 0 Å². The summed E-state index contributed by atoms with van der Waals surface area (Å²) in [5.74, 6) is -1.83. The van der Waals surface area contributed by atoms with Gasteiger partial charge in [0.25, 0.3) is 0 Å². The van der Waals surface area contributed by atoms with Crippen LogP contribution in [0.4, 0.5) is 13.6 Å². The average Bonchev–Trinajstić information content (AvgIpc) is 3.12. The number of rotatable bonds is 4. The Bertz CT molecular complexity index is 823. The maximum atomic E-state index is 13.5. The summed E-state index contributed by atoms with van der Waals surface area (Å²) >= 11 is 0. The molecule has 2 amide bonds. The number of hydrogen-bond acceptors (Lipinski definition) is 4. The zero-order valence-electron chi connectivity index (χ0n) is 16.1. The molecule has 2 heterocycles. The molecule has 0 unspecified atom stereocenters. The van der Waals surface area contributed by atoms with Crippen molar-refractivity contribution in [2.75, 3.05) is 46.3 Å². The van der Waals surface area contributed by atoms with Gasteiger partial charge in [0.15, 0.2) is 0 Å². The molecule has 10 heteroatoms. The Kier molecular flexibility index (Phi) is 5.92. The first kappa shape index (κ1) is 20.9. The van der Waals surface area contributed by atoms with E-state index < -0.39 is 21.7 Å². The molecule has 0 radical (unpaired) electrons. The smallest absolute Gasteiger partial charge is 0.317 e. The minimum atomic E-state index is -3.96. The van der Waals surface area contributed by atoms with Gasteiger partial charge in [-0.2, -0.15) is 4.31 Å². The largest absolute Gasteiger partial charge is 0.341 e. The van der Waals surface area contributed by atoms with Crippen molar-refractivity contribution in [1.29, 1.82) is 0 Å². The summed E-state index contributed by atoms with van der Waals surface area (Å²) in [6, 6.07) is 2.23. The van der Waals surface area contributed by atoms with Crippen molar-refractivity contribution in [3.8, 4) is 0 Å². The highest BCUT2D eigenvalue weighted by Crippen LogP contribution is 2.33. The SMILES string of the molecule is CC[C@]1(N2CCN(S(=O)(=O)c3cc(F)cc(F)c3)CC2)CCN(C(=O)NC)C1. The third kappa shape index (κ3) is 3.85. The number of likely N-dealkylation sites (tertiary alicyclic amines) is 1. The molecule has 1 atom stereocenters. The molecule has 0 aliphatic carbocycles. The molecule has 1 N–H and O–H groups in total. The molecule has 1 aromatic carbocycles. The zero-order valence-corrected chi connectivity index (χ0v) is 16.9. The summed E-state index contributed by atoms with van der Waals surface area (Å²) in [7, 11) is -2.35. The highest BCUT2D eigenvalue weighted by atomic mass is 32.2. The number of amides is 2. The lowest BCUT2D eigenvalue weighted by molar-refractivity contribution is 0.0574. The molecule has 2 aliphatic rings. The Labute approximate surface area is 164 Å². The molecule has 2 fully saturated rings. The van der Waals surface area contributed by atoms with Crippen LogP contribution in [0.3, 0.4) is 0 Å². The number of urea groups is 1. The number of nitrogens with zero attached hydrogens (tertiary/aromatic N) is 3. The highest BCUT2D eigenvalue weighted by molar-refractivity contribution is 7.89. The van der Waals surface area contributed by atoms with Crippen molar-refractivity contribution in [3.63, 3.8) is 0 Å². The maximum absolute atomic E-state index is 13.5. The van der Waals surface area contributed by atoms with Crippen molar-refractivity contribution in [1.82, 2.24) is 19.4 Å². The van der Waals surface area contributed by atoms with Gasteiger partial charge in [-0.25, -0.2) is 22.0 Å². The van der Waals surface area contributed by atoms with Crippen LogP contribution in [-0.4, -0.2) is 80.4 Å². The van der Waals surface area contributed by atoms with Crippen molar-refractivity contribution < 1.29 is 22.0 Å². The molecule has 28 heavy (non-hydrogen) atoms. The van der Waals surface area contributed by atoms with Gasteiger partial charge in [0.1, 0.15) is 11.6 Å². The van der Waals surface area contributed by atoms with Crippen molar-refractivity contribution in [2.45, 2.75) is 30.2 Å². The summed E-state index contributed by atoms with van der Waals surface area (Å²) in [6.45, 7) is 4.83. The van der Waals surface area contributed by atoms with Gasteiger partial charge in [-0.1, -0.05) is 6.92 Å². The van der Waals surface area contributed by atoms with E-state index in [-0.39, 0.29) is 29.6 Å². The molecule has 2 saturated heterocycles. The fourth-order valence-corrected chi connectivity index (χ4v) is 5.65. The number of piperazine rings is 1. The molecule has 7 nitrogen and oxygen atoms in total. The normalized spacial score (nSPS) is 24.5. The molecule has 0 bridgehead atoms. The second-order valence-electron chi connectivity index (χ2n) is 7.30. The highest BCUT2D eigenvalue weighted by Gasteiger charge is 2.44. The van der Waals surface area contributed by atoms with E-state index in [1.807, 2.05) is 0 Å². The molecule has 1 aromatic rings. The molecule has 0 saturated carbocycles. The van der Waals surface area contributed by atoms with Gasteiger partial charge in [0, 0.05) is 57.9 Å². The van der Waals surface area contributed by atoms with Crippen molar-refractivity contribution >= 4 is 16.1 Å². The van der Waals surface area contributed by atoms with E-state index in [2.05, 4.69) is 17.1 Å². The second-order valence-corrected chi connectivity index (χ2v) is 9.24. The topological polar surface area (TPSA) is 73.0 Å². The Morgan fingerprint density at radius 2 is 1.71 bits per heavy atom. The standard InChI is InChI=1S/C18H26F2N4O3S/c1-3-18(4-5-22(13-18)17(25)21-2)23-6-8-24(9-7-23)28(26,27)16-11-14(19)10-15(20)12-16/h10-12H,3-9,13H2,1-2H3,(H,21,25)/t18-/m0/s1. The van der Waals surface area contributed by atoms with E-state index >= 15 is 0 Å². The van der Waals surface area contributed by atoms with Crippen molar-refractivity contribution in [3.05, 3.63) is 29.8 Å². The van der Waals surface area contributed by atoms with Crippen LogP contribution in [0.2, 0.25) is 0 Å². The van der Waals surface area contributed by atoms with Crippen LogP contribution in [0, 0.1) is 11.6 Å². The van der Waals surface area contributed by atoms with E-state index in [0.29, 0.717) is 32.2 Å². The summed E-state index contributed by atoms with van der Waals surface area (Å²) in [4.78, 5) is 15.6. The summed E-state index contributed by atoms with van der Waals surface area (Å²) in [6.07, 6.45) is 1.68. The maximum Gasteiger partial charge on any atom is 0.317 e. The first-order valence-corrected chi connectivity index (χ1v) is 10.8. The van der Waals surface area contributed by atoms with E-state index in [1.54, 1.807) is 11.9 Å². The van der Waals surface area contributed by atoms with E-state index in [0.717, 1.165) is 25.0 Å². The minimum Gasteiger partial charge on any atom is -0.341 e. The Hall–Kier alpha value is -1.78. The predicted molar refractivity (Wildman–Crippen MR) is 100 cm³/mol. The monoisotopic (exact) mass is 416 g/mol. The van der Waals surface area contributed by atoms with Crippen LogP contribution in [-0.2, 0) is 10.0 Å². The fraction of sp³-hybridized carbons (Fsp3) is 0.611. The van der Waals surface area contributed by atoms with E-state index in [9.17, 15) is 22.0 Å². The molecule has 0 aromatic heterocycles. The van der Waals surface area contributed by atoms with Gasteiger partial charge in [-0.3, -0.25) is 4.90 Å². The molecule has 2 aliphatic heterocycles. The van der Waals surface area contributed by atoms with E-state index in [1.165, 1.54) is 4.31 Å². The van der Waals surface area contributed by atoms with Gasteiger partial charge in [0.2, 0.25) is 10.0 Å². The summed E-state index contributed by atoms with van der Waals surface area (Å²) in [5.41, 5.74) is -0.173. The number of hydrogen-bond donors (Lipinski definition) is 1. The number of halogens is 2. The lowest BCUT2D eigenvalue weighted by Gasteiger charge is -2.45. The Morgan fingerprint density at radius 1 is 1.11 bits per heavy atom. The van der Waals surface area contributed by atoms with E-state index in [4.69, 9.17) is 0 Å². The van der Waals surface area contributed by atoms with Gasteiger partial charge in [0.05, 0.1) is 4.90 Å². The lowest BCUT2D eigenvalue weighted by atomic mass is 9.92. The molecular formula is C18H26F2N4O3S. The van der Waals surface area contributed by atoms with Gasteiger partial charge in [-0.05, 0) is 25.0 Å². The summed E-state index contributed by atoms with van der Waals surface area (Å²) in [5, 5.41) is 2.65. The Morgan fingerprint density at radius 3 is 2.25 bits per heavy atom. The molecule has 0 spiro atoms. The number of sulfonamides is 1. The lowest BCUT2D eigenvalue weighted by Crippen LogP contribution is -2.59. The van der Waals surface area contributed by atoms with Crippen LogP contribution in [0.5, 0.6) is 0 Å². The van der Waals surface area contributed by atoms with Gasteiger partial charge >= 0.3 is 6.03 Å². The second kappa shape index (κ2) is 7.92. The number of carbonyl (C=O) groups excluding carboxylic acids is 1.